The third-order valence-electron chi connectivity index (χ3n) is 3.15. The highest BCUT2D eigenvalue weighted by atomic mass is 16.5. The van der Waals surface area contributed by atoms with E-state index in [1.54, 1.807) is 37.5 Å². The molecule has 0 bridgehead atoms. The summed E-state index contributed by atoms with van der Waals surface area (Å²) in [6.07, 6.45) is 1.69. The van der Waals surface area contributed by atoms with Crippen LogP contribution in [0.25, 0.3) is 11.6 Å². The Morgan fingerprint density at radius 3 is 2.43 bits per heavy atom. The quantitative estimate of drug-likeness (QED) is 0.644. The fourth-order valence-corrected chi connectivity index (χ4v) is 2.18. The summed E-state index contributed by atoms with van der Waals surface area (Å²) in [6.45, 7) is 3.89. The standard InChI is InChI=1S/C19H20O4/c1-13(2)23-17-9-4-6-14(10-17)11-18(19(20)21)15-7-5-8-16(12-15)22-3/h4-13H,1-3H3,(H,20,21)/b18-11-. The molecule has 0 fully saturated rings. The van der Waals surface area contributed by atoms with Crippen LogP contribution in [0.1, 0.15) is 25.0 Å². The van der Waals surface area contributed by atoms with E-state index in [1.165, 1.54) is 0 Å². The summed E-state index contributed by atoms with van der Waals surface area (Å²) < 4.78 is 10.8. The first-order valence-corrected chi connectivity index (χ1v) is 7.35. The third kappa shape index (κ3) is 4.61. The van der Waals surface area contributed by atoms with Gasteiger partial charge in [0.15, 0.2) is 0 Å². The number of hydrogen-bond donors (Lipinski definition) is 1. The molecule has 23 heavy (non-hydrogen) atoms. The van der Waals surface area contributed by atoms with Gasteiger partial charge >= 0.3 is 5.97 Å². The molecule has 4 nitrogen and oxygen atoms in total. The summed E-state index contributed by atoms with van der Waals surface area (Å²) in [5, 5.41) is 9.53. The van der Waals surface area contributed by atoms with E-state index in [0.717, 1.165) is 5.56 Å². The van der Waals surface area contributed by atoms with E-state index in [-0.39, 0.29) is 11.7 Å². The zero-order chi connectivity index (χ0) is 16.8. The van der Waals surface area contributed by atoms with Crippen LogP contribution in [0, 0.1) is 0 Å². The number of hydrogen-bond acceptors (Lipinski definition) is 3. The number of carboxylic acid groups (broad SMARTS) is 1. The first kappa shape index (κ1) is 16.6. The van der Waals surface area contributed by atoms with Crippen molar-refractivity contribution < 1.29 is 19.4 Å². The van der Waals surface area contributed by atoms with Crippen molar-refractivity contribution in [2.75, 3.05) is 7.11 Å². The van der Waals surface area contributed by atoms with E-state index >= 15 is 0 Å². The van der Waals surface area contributed by atoms with Gasteiger partial charge in [-0.3, -0.25) is 0 Å². The zero-order valence-corrected chi connectivity index (χ0v) is 13.4. The lowest BCUT2D eigenvalue weighted by molar-refractivity contribution is -0.130. The largest absolute Gasteiger partial charge is 0.497 e. The zero-order valence-electron chi connectivity index (χ0n) is 13.4. The molecular formula is C19H20O4. The fraction of sp³-hybridized carbons (Fsp3) is 0.211. The van der Waals surface area contributed by atoms with Gasteiger partial charge in [0.05, 0.1) is 18.8 Å². The Balaban J connectivity index is 2.41. The van der Waals surface area contributed by atoms with Crippen LogP contribution in [0.5, 0.6) is 11.5 Å². The predicted octanol–water partition coefficient (Wildman–Crippen LogP) is 4.11. The normalized spacial score (nSPS) is 11.4. The summed E-state index contributed by atoms with van der Waals surface area (Å²) in [5.74, 6) is 0.337. The number of carboxylic acids is 1. The van der Waals surface area contributed by atoms with Gasteiger partial charge in [0, 0.05) is 0 Å². The van der Waals surface area contributed by atoms with Crippen LogP contribution in [-0.4, -0.2) is 24.3 Å². The van der Waals surface area contributed by atoms with Crippen LogP contribution in [0.15, 0.2) is 48.5 Å². The Kier molecular flexibility index (Phi) is 5.41. The highest BCUT2D eigenvalue weighted by Crippen LogP contribution is 2.24. The molecule has 2 aromatic rings. The molecule has 0 aliphatic carbocycles. The maximum Gasteiger partial charge on any atom is 0.336 e. The molecule has 2 aromatic carbocycles. The Labute approximate surface area is 136 Å². The van der Waals surface area contributed by atoms with E-state index < -0.39 is 5.97 Å². The van der Waals surface area contributed by atoms with Crippen molar-refractivity contribution in [2.45, 2.75) is 20.0 Å². The average Bonchev–Trinajstić information content (AvgIpc) is 2.52. The molecule has 0 aliphatic heterocycles. The molecule has 0 unspecified atom stereocenters. The monoisotopic (exact) mass is 312 g/mol. The number of ether oxygens (including phenoxy) is 2. The van der Waals surface area contributed by atoms with Crippen molar-refractivity contribution in [1.29, 1.82) is 0 Å². The lowest BCUT2D eigenvalue weighted by Gasteiger charge is -2.10. The minimum Gasteiger partial charge on any atom is -0.497 e. The minimum absolute atomic E-state index is 0.0616. The first-order chi connectivity index (χ1) is 11.0. The van der Waals surface area contributed by atoms with Gasteiger partial charge in [0.1, 0.15) is 11.5 Å². The summed E-state index contributed by atoms with van der Waals surface area (Å²) in [6, 6.07) is 14.4. The number of carbonyl (C=O) groups is 1. The van der Waals surface area contributed by atoms with E-state index in [2.05, 4.69) is 0 Å². The molecular weight excluding hydrogens is 292 g/mol. The van der Waals surface area contributed by atoms with E-state index in [0.29, 0.717) is 17.1 Å². The SMILES string of the molecule is COc1cccc(/C(=C/c2cccc(OC(C)C)c2)C(=O)O)c1. The number of rotatable bonds is 6. The van der Waals surface area contributed by atoms with Gasteiger partial charge < -0.3 is 14.6 Å². The second kappa shape index (κ2) is 7.49. The van der Waals surface area contributed by atoms with E-state index in [4.69, 9.17) is 9.47 Å². The Bertz CT molecular complexity index is 717. The van der Waals surface area contributed by atoms with Crippen molar-refractivity contribution >= 4 is 17.6 Å². The Morgan fingerprint density at radius 1 is 1.09 bits per heavy atom. The molecule has 0 aromatic heterocycles. The van der Waals surface area contributed by atoms with Gasteiger partial charge in [-0.05, 0) is 55.3 Å². The Hall–Kier alpha value is -2.75. The molecule has 0 aliphatic rings. The van der Waals surface area contributed by atoms with Crippen LogP contribution in [-0.2, 0) is 4.79 Å². The van der Waals surface area contributed by atoms with Crippen molar-refractivity contribution in [1.82, 2.24) is 0 Å². The maximum absolute atomic E-state index is 11.6. The smallest absolute Gasteiger partial charge is 0.336 e. The summed E-state index contributed by atoms with van der Waals surface area (Å²) in [4.78, 5) is 11.6. The summed E-state index contributed by atoms with van der Waals surface area (Å²) >= 11 is 0. The van der Waals surface area contributed by atoms with Crippen LogP contribution in [0.4, 0.5) is 0 Å². The molecule has 0 amide bonds. The molecule has 120 valence electrons. The van der Waals surface area contributed by atoms with Gasteiger partial charge in [-0.25, -0.2) is 4.79 Å². The van der Waals surface area contributed by atoms with Gasteiger partial charge in [-0.2, -0.15) is 0 Å². The molecule has 4 heteroatoms. The number of aliphatic carboxylic acids is 1. The number of methoxy groups -OCH3 is 1. The summed E-state index contributed by atoms with van der Waals surface area (Å²) in [5.41, 5.74) is 1.56. The lowest BCUT2D eigenvalue weighted by Crippen LogP contribution is -2.05. The minimum atomic E-state index is -0.992. The van der Waals surface area contributed by atoms with Crippen LogP contribution in [0.2, 0.25) is 0 Å². The van der Waals surface area contributed by atoms with Crippen molar-refractivity contribution in [2.24, 2.45) is 0 Å². The molecule has 0 saturated carbocycles. The molecule has 0 heterocycles. The van der Waals surface area contributed by atoms with Gasteiger partial charge in [-0.1, -0.05) is 24.3 Å². The van der Waals surface area contributed by atoms with E-state index in [9.17, 15) is 9.90 Å². The molecule has 0 spiro atoms. The lowest BCUT2D eigenvalue weighted by atomic mass is 10.0. The molecule has 0 radical (unpaired) electrons. The third-order valence-corrected chi connectivity index (χ3v) is 3.15. The fourth-order valence-electron chi connectivity index (χ4n) is 2.18. The molecule has 2 rings (SSSR count). The van der Waals surface area contributed by atoms with Crippen molar-refractivity contribution in [3.05, 3.63) is 59.7 Å². The summed E-state index contributed by atoms with van der Waals surface area (Å²) in [7, 11) is 1.55. The Morgan fingerprint density at radius 2 is 1.78 bits per heavy atom. The van der Waals surface area contributed by atoms with E-state index in [1.807, 2.05) is 38.1 Å². The topological polar surface area (TPSA) is 55.8 Å². The second-order valence-electron chi connectivity index (χ2n) is 5.33. The maximum atomic E-state index is 11.6. The number of benzene rings is 2. The van der Waals surface area contributed by atoms with Gasteiger partial charge in [-0.15, -0.1) is 0 Å². The average molecular weight is 312 g/mol. The van der Waals surface area contributed by atoms with Crippen LogP contribution < -0.4 is 9.47 Å². The molecule has 0 saturated heterocycles. The van der Waals surface area contributed by atoms with Gasteiger partial charge in [0.25, 0.3) is 0 Å². The van der Waals surface area contributed by atoms with Crippen molar-refractivity contribution in [3.63, 3.8) is 0 Å². The first-order valence-electron chi connectivity index (χ1n) is 7.35. The van der Waals surface area contributed by atoms with Crippen molar-refractivity contribution in [3.8, 4) is 11.5 Å². The molecule has 0 atom stereocenters. The predicted molar refractivity (Wildman–Crippen MR) is 90.7 cm³/mol. The van der Waals surface area contributed by atoms with Gasteiger partial charge in [0.2, 0.25) is 0 Å². The highest BCUT2D eigenvalue weighted by molar-refractivity contribution is 6.20. The second-order valence-corrected chi connectivity index (χ2v) is 5.33. The van der Waals surface area contributed by atoms with Crippen LogP contribution in [0.3, 0.4) is 0 Å². The molecule has 1 N–H and O–H groups in total. The highest BCUT2D eigenvalue weighted by Gasteiger charge is 2.11. The van der Waals surface area contributed by atoms with Crippen LogP contribution >= 0.6 is 0 Å².